The zero-order chi connectivity index (χ0) is 22.3. The minimum atomic E-state index is -3.72. The molecule has 32 heavy (non-hydrogen) atoms. The molecule has 1 N–H and O–H groups in total. The fourth-order valence-corrected chi connectivity index (χ4v) is 6.70. The van der Waals surface area contributed by atoms with Crippen LogP contribution in [0.5, 0.6) is 0 Å². The standard InChI is InChI=1S/C23H27BrN4O3S/c24-19-6-8-20(9-7-19)32(30,31)27-15-21-25-23(17-28(21)22(29)16-27)10-12-26(13-11-23)14-18-4-2-1-3-5-18/h1-9,21,25H,10-17H2. The van der Waals surface area contributed by atoms with E-state index in [2.05, 4.69) is 50.4 Å². The number of piperazine rings is 1. The highest BCUT2D eigenvalue weighted by Crippen LogP contribution is 2.33. The van der Waals surface area contributed by atoms with Gasteiger partial charge in [-0.15, -0.1) is 0 Å². The van der Waals surface area contributed by atoms with E-state index < -0.39 is 10.0 Å². The van der Waals surface area contributed by atoms with Crippen LogP contribution in [0.2, 0.25) is 0 Å². The molecule has 1 spiro atoms. The topological polar surface area (TPSA) is 73.0 Å². The third-order valence-corrected chi connectivity index (χ3v) is 9.20. The van der Waals surface area contributed by atoms with E-state index in [1.807, 2.05) is 11.0 Å². The minimum Gasteiger partial charge on any atom is -0.323 e. The van der Waals surface area contributed by atoms with Crippen molar-refractivity contribution in [3.05, 3.63) is 64.6 Å². The van der Waals surface area contributed by atoms with E-state index in [-0.39, 0.29) is 35.6 Å². The first-order valence-corrected chi connectivity index (χ1v) is 13.2. The smallest absolute Gasteiger partial charge is 0.243 e. The summed E-state index contributed by atoms with van der Waals surface area (Å²) in [5.74, 6) is -0.127. The molecule has 0 aromatic heterocycles. The van der Waals surface area contributed by atoms with E-state index in [1.165, 1.54) is 9.87 Å². The summed E-state index contributed by atoms with van der Waals surface area (Å²) in [6.45, 7) is 3.67. The molecule has 0 radical (unpaired) electrons. The van der Waals surface area contributed by atoms with E-state index >= 15 is 0 Å². The quantitative estimate of drug-likeness (QED) is 0.671. The first kappa shape index (κ1) is 22.0. The van der Waals surface area contributed by atoms with E-state index in [9.17, 15) is 13.2 Å². The number of halogens is 1. The van der Waals surface area contributed by atoms with Gasteiger partial charge in [0.1, 0.15) is 0 Å². The number of nitrogens with zero attached hydrogens (tertiary/aromatic N) is 3. The van der Waals surface area contributed by atoms with E-state index in [4.69, 9.17) is 0 Å². The molecule has 5 rings (SSSR count). The van der Waals surface area contributed by atoms with Crippen molar-refractivity contribution in [2.24, 2.45) is 0 Å². The van der Waals surface area contributed by atoms with Crippen molar-refractivity contribution >= 4 is 31.9 Å². The van der Waals surface area contributed by atoms with Gasteiger partial charge in [-0.1, -0.05) is 46.3 Å². The number of hydrogen-bond donors (Lipinski definition) is 1. The average Bonchev–Trinajstić information content (AvgIpc) is 3.15. The molecule has 9 heteroatoms. The number of rotatable bonds is 4. The summed E-state index contributed by atoms with van der Waals surface area (Å²) in [4.78, 5) is 17.4. The molecule has 1 amide bonds. The Hall–Kier alpha value is -1.78. The monoisotopic (exact) mass is 518 g/mol. The van der Waals surface area contributed by atoms with Crippen LogP contribution in [0.4, 0.5) is 0 Å². The molecule has 7 nitrogen and oxygen atoms in total. The second-order valence-electron chi connectivity index (χ2n) is 8.98. The number of carbonyl (C=O) groups is 1. The van der Waals surface area contributed by atoms with Crippen LogP contribution in [0.3, 0.4) is 0 Å². The molecule has 3 fully saturated rings. The summed E-state index contributed by atoms with van der Waals surface area (Å²) in [7, 11) is -3.72. The van der Waals surface area contributed by atoms with Gasteiger partial charge in [-0.2, -0.15) is 4.31 Å². The molecule has 1 unspecified atom stereocenters. The largest absolute Gasteiger partial charge is 0.323 e. The molecule has 0 saturated carbocycles. The van der Waals surface area contributed by atoms with Crippen LogP contribution >= 0.6 is 15.9 Å². The first-order valence-electron chi connectivity index (χ1n) is 10.9. The lowest BCUT2D eigenvalue weighted by atomic mass is 9.88. The second-order valence-corrected chi connectivity index (χ2v) is 11.8. The predicted octanol–water partition coefficient (Wildman–Crippen LogP) is 2.25. The number of likely N-dealkylation sites (tertiary alicyclic amines) is 1. The Balaban J connectivity index is 1.25. The van der Waals surface area contributed by atoms with Crippen LogP contribution < -0.4 is 5.32 Å². The van der Waals surface area contributed by atoms with Gasteiger partial charge in [0.2, 0.25) is 15.9 Å². The summed E-state index contributed by atoms with van der Waals surface area (Å²) >= 11 is 3.34. The predicted molar refractivity (Wildman–Crippen MR) is 125 cm³/mol. The van der Waals surface area contributed by atoms with Gasteiger partial charge in [0.25, 0.3) is 0 Å². The molecular weight excluding hydrogens is 492 g/mol. The number of amides is 1. The third-order valence-electron chi connectivity index (χ3n) is 6.84. The minimum absolute atomic E-state index is 0.104. The van der Waals surface area contributed by atoms with Gasteiger partial charge < -0.3 is 4.90 Å². The van der Waals surface area contributed by atoms with Crippen LogP contribution in [-0.2, 0) is 21.4 Å². The molecule has 3 aliphatic rings. The van der Waals surface area contributed by atoms with Crippen molar-refractivity contribution in [1.29, 1.82) is 0 Å². The molecule has 2 aromatic rings. The summed E-state index contributed by atoms with van der Waals surface area (Å²) in [6, 6.07) is 17.0. The number of sulfonamides is 1. The highest BCUT2D eigenvalue weighted by atomic mass is 79.9. The Morgan fingerprint density at radius 2 is 1.72 bits per heavy atom. The lowest BCUT2D eigenvalue weighted by Gasteiger charge is -2.39. The average molecular weight is 519 g/mol. The number of benzene rings is 2. The van der Waals surface area contributed by atoms with Gasteiger partial charge in [-0.05, 0) is 42.7 Å². The normalized spacial score (nSPS) is 24.1. The highest BCUT2D eigenvalue weighted by Gasteiger charge is 2.50. The number of nitrogens with one attached hydrogen (secondary N) is 1. The van der Waals surface area contributed by atoms with Crippen LogP contribution in [-0.4, -0.2) is 72.9 Å². The molecule has 0 bridgehead atoms. The van der Waals surface area contributed by atoms with Crippen LogP contribution in [0.25, 0.3) is 0 Å². The number of hydrogen-bond acceptors (Lipinski definition) is 5. The summed E-state index contributed by atoms with van der Waals surface area (Å²) in [5, 5.41) is 3.65. The Labute approximate surface area is 197 Å². The third kappa shape index (κ3) is 4.24. The fourth-order valence-electron chi connectivity index (χ4n) is 5.04. The molecule has 3 heterocycles. The van der Waals surface area contributed by atoms with Crippen molar-refractivity contribution in [3.63, 3.8) is 0 Å². The van der Waals surface area contributed by atoms with E-state index in [0.29, 0.717) is 6.54 Å². The van der Waals surface area contributed by atoms with Gasteiger partial charge in [0.15, 0.2) is 0 Å². The fraction of sp³-hybridized carbons (Fsp3) is 0.435. The lowest BCUT2D eigenvalue weighted by Crippen LogP contribution is -2.58. The Kier molecular flexibility index (Phi) is 5.88. The van der Waals surface area contributed by atoms with Gasteiger partial charge in [0, 0.05) is 42.7 Å². The van der Waals surface area contributed by atoms with Crippen molar-refractivity contribution in [2.45, 2.75) is 36.0 Å². The number of carbonyl (C=O) groups excluding carboxylic acids is 1. The van der Waals surface area contributed by atoms with Crippen molar-refractivity contribution < 1.29 is 13.2 Å². The maximum absolute atomic E-state index is 13.1. The van der Waals surface area contributed by atoms with Gasteiger partial charge in [0.05, 0.1) is 17.6 Å². The van der Waals surface area contributed by atoms with Gasteiger partial charge >= 0.3 is 0 Å². The Bertz CT molecular complexity index is 1090. The van der Waals surface area contributed by atoms with Crippen molar-refractivity contribution in [1.82, 2.24) is 19.4 Å². The molecule has 2 aromatic carbocycles. The zero-order valence-electron chi connectivity index (χ0n) is 17.8. The van der Waals surface area contributed by atoms with Crippen molar-refractivity contribution in [3.8, 4) is 0 Å². The lowest BCUT2D eigenvalue weighted by molar-refractivity contribution is -0.135. The zero-order valence-corrected chi connectivity index (χ0v) is 20.2. The SMILES string of the molecule is O=C1CN(S(=O)(=O)c2ccc(Br)cc2)CC2NC3(CCN(Cc4ccccc4)CC3)CN12. The molecule has 3 saturated heterocycles. The number of fused-ring (bicyclic) bond motifs is 1. The van der Waals surface area contributed by atoms with Crippen LogP contribution in [0.1, 0.15) is 18.4 Å². The van der Waals surface area contributed by atoms with Crippen LogP contribution in [0.15, 0.2) is 64.0 Å². The maximum Gasteiger partial charge on any atom is 0.243 e. The summed E-state index contributed by atoms with van der Waals surface area (Å²) < 4.78 is 28.4. The molecule has 3 aliphatic heterocycles. The van der Waals surface area contributed by atoms with Crippen molar-refractivity contribution in [2.75, 3.05) is 32.7 Å². The van der Waals surface area contributed by atoms with E-state index in [1.54, 1.807) is 24.3 Å². The second kappa shape index (κ2) is 8.53. The molecular formula is C23H27BrN4O3S. The number of piperidine rings is 1. The highest BCUT2D eigenvalue weighted by molar-refractivity contribution is 9.10. The molecule has 1 atom stereocenters. The Morgan fingerprint density at radius 1 is 1.03 bits per heavy atom. The van der Waals surface area contributed by atoms with Gasteiger partial charge in [-0.3, -0.25) is 15.0 Å². The summed E-state index contributed by atoms with van der Waals surface area (Å²) in [6.07, 6.45) is 1.61. The first-order chi connectivity index (χ1) is 15.3. The van der Waals surface area contributed by atoms with Crippen LogP contribution in [0, 0.1) is 0 Å². The Morgan fingerprint density at radius 3 is 2.41 bits per heavy atom. The molecule has 0 aliphatic carbocycles. The van der Waals surface area contributed by atoms with E-state index in [0.717, 1.165) is 36.9 Å². The molecule has 170 valence electrons. The summed E-state index contributed by atoms with van der Waals surface area (Å²) in [5.41, 5.74) is 1.18. The van der Waals surface area contributed by atoms with Gasteiger partial charge in [-0.25, -0.2) is 8.42 Å². The maximum atomic E-state index is 13.1.